The lowest BCUT2D eigenvalue weighted by molar-refractivity contribution is -0.0401. The highest BCUT2D eigenvalue weighted by Crippen LogP contribution is 2.44. The maximum Gasteiger partial charge on any atom is 0.410 e. The first-order valence-corrected chi connectivity index (χ1v) is 18.3. The molecule has 232 valence electrons. The number of hydrogen-bond acceptors (Lipinski definition) is 7. The highest BCUT2D eigenvalue weighted by Gasteiger charge is 2.43. The van der Waals surface area contributed by atoms with Gasteiger partial charge in [0.1, 0.15) is 11.7 Å². The van der Waals surface area contributed by atoms with Crippen LogP contribution >= 0.6 is 15.9 Å². The van der Waals surface area contributed by atoms with Crippen LogP contribution in [-0.2, 0) is 25.1 Å². The van der Waals surface area contributed by atoms with Crippen LogP contribution in [0.25, 0.3) is 0 Å². The largest absolute Gasteiger partial charge is 0.493 e. The molecule has 0 radical (unpaired) electrons. The molecule has 41 heavy (non-hydrogen) atoms. The Kier molecular flexibility index (Phi) is 11.4. The van der Waals surface area contributed by atoms with E-state index < -0.39 is 13.9 Å². The Bertz CT molecular complexity index is 1070. The molecule has 2 atom stereocenters. The summed E-state index contributed by atoms with van der Waals surface area (Å²) in [5, 5.41) is 0.0509. The third kappa shape index (κ3) is 9.19. The molecule has 1 amide bonds. The van der Waals surface area contributed by atoms with Crippen LogP contribution in [0.4, 0.5) is 4.79 Å². The zero-order valence-electron chi connectivity index (χ0n) is 26.6. The maximum atomic E-state index is 12.7. The van der Waals surface area contributed by atoms with Crippen molar-refractivity contribution in [2.24, 2.45) is 0 Å². The van der Waals surface area contributed by atoms with E-state index in [4.69, 9.17) is 28.1 Å². The topological polar surface area (TPSA) is 75.7 Å². The van der Waals surface area contributed by atoms with E-state index in [1.54, 1.807) is 19.1 Å². The molecule has 1 fully saturated rings. The van der Waals surface area contributed by atoms with Crippen LogP contribution < -0.4 is 9.47 Å². The predicted octanol–water partition coefficient (Wildman–Crippen LogP) is 7.49. The fraction of sp³-hybridized carbons (Fsp3) is 0.710. The molecule has 0 unspecified atom stereocenters. The van der Waals surface area contributed by atoms with Gasteiger partial charge >= 0.3 is 6.09 Å². The van der Waals surface area contributed by atoms with Crippen molar-refractivity contribution in [3.8, 4) is 11.5 Å². The van der Waals surface area contributed by atoms with Gasteiger partial charge in [-0.1, -0.05) is 32.9 Å². The van der Waals surface area contributed by atoms with Gasteiger partial charge in [0.15, 0.2) is 26.1 Å². The number of halogens is 1. The van der Waals surface area contributed by atoms with E-state index in [9.17, 15) is 4.79 Å². The van der Waals surface area contributed by atoms with Crippen molar-refractivity contribution in [2.75, 3.05) is 33.9 Å². The van der Waals surface area contributed by atoms with E-state index in [2.05, 4.69) is 55.9 Å². The molecular weight excluding hydrogens is 606 g/mol. The first-order valence-electron chi connectivity index (χ1n) is 14.6. The van der Waals surface area contributed by atoms with E-state index in [-0.39, 0.29) is 29.6 Å². The second-order valence-electron chi connectivity index (χ2n) is 13.4. The molecule has 8 nitrogen and oxygen atoms in total. The molecule has 1 aliphatic carbocycles. The Morgan fingerprint density at radius 2 is 1.78 bits per heavy atom. The van der Waals surface area contributed by atoms with Crippen LogP contribution in [-0.4, -0.2) is 77.3 Å². The van der Waals surface area contributed by atoms with Crippen molar-refractivity contribution in [2.45, 2.75) is 109 Å². The van der Waals surface area contributed by atoms with Gasteiger partial charge in [0, 0.05) is 20.0 Å². The number of carbonyl (C=O) groups excluding carboxylic acids is 1. The van der Waals surface area contributed by atoms with Gasteiger partial charge in [-0.05, 0) is 91.3 Å². The molecule has 10 heteroatoms. The average molecular weight is 657 g/mol. The molecule has 2 aliphatic rings. The van der Waals surface area contributed by atoms with Gasteiger partial charge in [0.25, 0.3) is 0 Å². The Hall–Kier alpha value is -1.59. The van der Waals surface area contributed by atoms with Gasteiger partial charge in [0.05, 0.1) is 30.9 Å². The summed E-state index contributed by atoms with van der Waals surface area (Å²) in [6.07, 6.45) is 4.12. The summed E-state index contributed by atoms with van der Waals surface area (Å²) >= 11 is 3.81. The average Bonchev–Trinajstić information content (AvgIpc) is 3.37. The fourth-order valence-corrected chi connectivity index (χ4v) is 6.51. The monoisotopic (exact) mass is 655 g/mol. The number of benzene rings is 1. The second-order valence-corrected chi connectivity index (χ2v) is 19.0. The van der Waals surface area contributed by atoms with Gasteiger partial charge in [-0.15, -0.1) is 0 Å². The van der Waals surface area contributed by atoms with E-state index in [1.807, 2.05) is 32.9 Å². The Balaban J connectivity index is 1.91. The molecule has 1 aromatic rings. The molecule has 3 rings (SSSR count). The second kappa shape index (κ2) is 13.8. The maximum absolute atomic E-state index is 12.7. The quantitative estimate of drug-likeness (QED) is 0.191. The summed E-state index contributed by atoms with van der Waals surface area (Å²) in [4.78, 5) is 14.3. The fourth-order valence-electron chi connectivity index (χ4n) is 4.58. The SMILES string of the molecule is COc1ccc(CC2OCCO2)c(Br)c1O[C@H]1C(CCN(C)C(=O)OC(C)(C)C)=CCC[C@@H]1O[Si](C)(C)C(C)(C)C. The van der Waals surface area contributed by atoms with Crippen LogP contribution in [0.1, 0.15) is 66.4 Å². The normalized spacial score (nSPS) is 20.5. The summed E-state index contributed by atoms with van der Waals surface area (Å²) < 4.78 is 37.5. The summed E-state index contributed by atoms with van der Waals surface area (Å²) in [6.45, 7) is 18.6. The Morgan fingerprint density at radius 1 is 1.12 bits per heavy atom. The molecule has 1 heterocycles. The molecule has 0 saturated carbocycles. The zero-order valence-corrected chi connectivity index (χ0v) is 29.2. The van der Waals surface area contributed by atoms with Crippen molar-refractivity contribution in [3.05, 3.63) is 33.8 Å². The molecule has 1 saturated heterocycles. The highest BCUT2D eigenvalue weighted by molar-refractivity contribution is 9.10. The summed E-state index contributed by atoms with van der Waals surface area (Å²) in [7, 11) is 1.31. The number of rotatable bonds is 10. The van der Waals surface area contributed by atoms with Gasteiger partial charge in [0.2, 0.25) is 0 Å². The molecule has 0 aromatic heterocycles. The van der Waals surface area contributed by atoms with Crippen molar-refractivity contribution < 1.29 is 32.9 Å². The van der Waals surface area contributed by atoms with Gasteiger partial charge in [-0.25, -0.2) is 4.79 Å². The zero-order chi connectivity index (χ0) is 30.6. The highest BCUT2D eigenvalue weighted by atomic mass is 79.9. The molecule has 1 aromatic carbocycles. The van der Waals surface area contributed by atoms with E-state index in [0.29, 0.717) is 44.1 Å². The predicted molar refractivity (Wildman–Crippen MR) is 167 cm³/mol. The van der Waals surface area contributed by atoms with Crippen molar-refractivity contribution in [1.82, 2.24) is 4.90 Å². The first kappa shape index (κ1) is 33.9. The number of amides is 1. The van der Waals surface area contributed by atoms with Crippen LogP contribution in [0.5, 0.6) is 11.5 Å². The van der Waals surface area contributed by atoms with Crippen LogP contribution in [0.2, 0.25) is 18.1 Å². The number of ether oxygens (including phenoxy) is 5. The van der Waals surface area contributed by atoms with Crippen molar-refractivity contribution in [1.29, 1.82) is 0 Å². The third-order valence-electron chi connectivity index (χ3n) is 7.94. The number of methoxy groups -OCH3 is 1. The number of nitrogens with zero attached hydrogens (tertiary/aromatic N) is 1. The summed E-state index contributed by atoms with van der Waals surface area (Å²) in [5.74, 6) is 1.26. The summed E-state index contributed by atoms with van der Waals surface area (Å²) in [5.41, 5.74) is 1.57. The number of hydrogen-bond donors (Lipinski definition) is 0. The van der Waals surface area contributed by atoms with E-state index >= 15 is 0 Å². The van der Waals surface area contributed by atoms with E-state index in [0.717, 1.165) is 28.5 Å². The van der Waals surface area contributed by atoms with Crippen molar-refractivity contribution >= 4 is 30.3 Å². The first-order chi connectivity index (χ1) is 19.0. The Labute approximate surface area is 256 Å². The molecule has 0 N–H and O–H groups in total. The smallest absolute Gasteiger partial charge is 0.410 e. The van der Waals surface area contributed by atoms with Gasteiger partial charge in [-0.3, -0.25) is 0 Å². The number of carbonyl (C=O) groups is 1. The lowest BCUT2D eigenvalue weighted by Gasteiger charge is -2.43. The summed E-state index contributed by atoms with van der Waals surface area (Å²) in [6, 6.07) is 3.94. The van der Waals surface area contributed by atoms with Crippen LogP contribution in [0, 0.1) is 0 Å². The lowest BCUT2D eigenvalue weighted by Crippen LogP contribution is -2.50. The van der Waals surface area contributed by atoms with Crippen LogP contribution in [0.15, 0.2) is 28.3 Å². The number of allylic oxidation sites excluding steroid dienone is 1. The van der Waals surface area contributed by atoms with Gasteiger partial charge < -0.3 is 33.0 Å². The molecule has 0 bridgehead atoms. The Morgan fingerprint density at radius 3 is 2.37 bits per heavy atom. The van der Waals surface area contributed by atoms with Gasteiger partial charge in [-0.2, -0.15) is 0 Å². The molecule has 0 spiro atoms. The van der Waals surface area contributed by atoms with Crippen LogP contribution in [0.3, 0.4) is 0 Å². The van der Waals surface area contributed by atoms with E-state index in [1.165, 1.54) is 0 Å². The standard InChI is InChI=1S/C31H50BrNO7Si/c1-30(2,3)39-29(34)33(7)17-16-21-12-11-13-24(40-41(9,10)31(4,5)6)27(21)38-28-23(35-8)15-14-22(26(28)32)20-25-36-18-19-37-25/h12,14-15,24-25,27H,11,13,16-20H2,1-10H3/t24-,27-/m0/s1. The third-order valence-corrected chi connectivity index (χ3v) is 13.3. The molecular formula is C31H50BrNO7Si. The minimum atomic E-state index is -2.11. The van der Waals surface area contributed by atoms with Crippen molar-refractivity contribution in [3.63, 3.8) is 0 Å². The molecule has 1 aliphatic heterocycles. The minimum Gasteiger partial charge on any atom is -0.493 e. The minimum absolute atomic E-state index is 0.0509. The lowest BCUT2D eigenvalue weighted by atomic mass is 9.91.